The van der Waals surface area contributed by atoms with Crippen molar-refractivity contribution in [3.8, 4) is 0 Å². The molecule has 2 fully saturated rings. The van der Waals surface area contributed by atoms with Gasteiger partial charge in [0.2, 0.25) is 0 Å². The Hall–Kier alpha value is -1.06. The molecular weight excluding hydrogens is 316 g/mol. The third-order valence-corrected chi connectivity index (χ3v) is 4.16. The molecule has 2 saturated heterocycles. The molecule has 0 bridgehead atoms. The number of aliphatic hydroxyl groups excluding tert-OH is 1. The third kappa shape index (κ3) is 3.78. The Bertz CT molecular complexity index is 497. The predicted molar refractivity (Wildman–Crippen MR) is 83.1 cm³/mol. The Kier molecular flexibility index (Phi) is 6.18. The first-order valence-corrected chi connectivity index (χ1v) is 8.12. The van der Waals surface area contributed by atoms with Gasteiger partial charge in [-0.3, -0.25) is 0 Å². The maximum atomic E-state index is 10.5. The summed E-state index contributed by atoms with van der Waals surface area (Å²) < 4.78 is 33.7. The Morgan fingerprint density at radius 1 is 1.21 bits per heavy atom. The van der Waals surface area contributed by atoms with Gasteiger partial charge in [-0.2, -0.15) is 0 Å². The van der Waals surface area contributed by atoms with Gasteiger partial charge >= 0.3 is 0 Å². The highest BCUT2D eigenvalue weighted by atomic mass is 16.8. The highest BCUT2D eigenvalue weighted by Gasteiger charge is 2.50. The van der Waals surface area contributed by atoms with Gasteiger partial charge in [0.15, 0.2) is 12.6 Å². The fraction of sp³-hybridized carbons (Fsp3) is 0.647. The van der Waals surface area contributed by atoms with E-state index in [1.165, 1.54) is 7.11 Å². The number of hydrogen-bond acceptors (Lipinski definition) is 7. The van der Waals surface area contributed by atoms with E-state index in [0.717, 1.165) is 5.56 Å². The number of aliphatic hydroxyl groups is 1. The van der Waals surface area contributed by atoms with Crippen molar-refractivity contribution in [3.63, 3.8) is 0 Å². The molecule has 134 valence electrons. The van der Waals surface area contributed by atoms with Gasteiger partial charge in [-0.05, 0) is 6.92 Å². The smallest absolute Gasteiger partial charge is 0.186 e. The molecule has 2 aliphatic heterocycles. The minimum Gasteiger partial charge on any atom is -0.385 e. The van der Waals surface area contributed by atoms with Crippen molar-refractivity contribution in [2.75, 3.05) is 27.1 Å². The SMILES string of the molecule is CCOCO[C@@H]1[C@@H](O)[C@@H](OC)O[C@@H]2COC(c3ccccc3)O[C@@H]12. The van der Waals surface area contributed by atoms with Crippen molar-refractivity contribution < 1.29 is 33.5 Å². The number of hydrogen-bond donors (Lipinski definition) is 1. The average Bonchev–Trinajstić information content (AvgIpc) is 2.63. The van der Waals surface area contributed by atoms with Gasteiger partial charge in [0.25, 0.3) is 0 Å². The van der Waals surface area contributed by atoms with Crippen molar-refractivity contribution in [1.82, 2.24) is 0 Å². The molecule has 1 aromatic carbocycles. The van der Waals surface area contributed by atoms with Crippen molar-refractivity contribution >= 4 is 0 Å². The van der Waals surface area contributed by atoms with E-state index in [4.69, 9.17) is 28.4 Å². The lowest BCUT2D eigenvalue weighted by molar-refractivity contribution is -0.367. The molecule has 7 nitrogen and oxygen atoms in total. The number of ether oxygens (including phenoxy) is 6. The summed E-state index contributed by atoms with van der Waals surface area (Å²) in [5.41, 5.74) is 0.905. The molecule has 1 N–H and O–H groups in total. The summed E-state index contributed by atoms with van der Waals surface area (Å²) in [6.07, 6.45) is -3.80. The lowest BCUT2D eigenvalue weighted by Crippen LogP contribution is -2.63. The van der Waals surface area contributed by atoms with E-state index < -0.39 is 30.9 Å². The highest BCUT2D eigenvalue weighted by molar-refractivity contribution is 5.16. The van der Waals surface area contributed by atoms with Crippen LogP contribution in [0.25, 0.3) is 0 Å². The van der Waals surface area contributed by atoms with Crippen LogP contribution in [0.5, 0.6) is 0 Å². The molecule has 0 amide bonds. The minimum atomic E-state index is -0.980. The summed E-state index contributed by atoms with van der Waals surface area (Å²) in [6, 6.07) is 9.63. The summed E-state index contributed by atoms with van der Waals surface area (Å²) in [5.74, 6) is 0. The summed E-state index contributed by atoms with van der Waals surface area (Å²) in [7, 11) is 1.48. The van der Waals surface area contributed by atoms with Crippen molar-refractivity contribution in [2.24, 2.45) is 0 Å². The number of fused-ring (bicyclic) bond motifs is 1. The van der Waals surface area contributed by atoms with Gasteiger partial charge in [-0.15, -0.1) is 0 Å². The normalized spacial score (nSPS) is 36.3. The maximum Gasteiger partial charge on any atom is 0.186 e. The maximum absolute atomic E-state index is 10.5. The van der Waals surface area contributed by atoms with Crippen LogP contribution in [0.15, 0.2) is 30.3 Å². The fourth-order valence-electron chi connectivity index (χ4n) is 2.94. The van der Waals surface area contributed by atoms with Gasteiger partial charge in [-0.25, -0.2) is 0 Å². The lowest BCUT2D eigenvalue weighted by Gasteiger charge is -2.47. The van der Waals surface area contributed by atoms with Crippen LogP contribution in [0, 0.1) is 0 Å². The molecule has 1 aromatic rings. The van der Waals surface area contributed by atoms with Gasteiger partial charge in [0, 0.05) is 19.3 Å². The van der Waals surface area contributed by atoms with E-state index in [9.17, 15) is 5.11 Å². The zero-order chi connectivity index (χ0) is 16.9. The molecule has 2 heterocycles. The Morgan fingerprint density at radius 2 is 2.00 bits per heavy atom. The van der Waals surface area contributed by atoms with Gasteiger partial charge < -0.3 is 33.5 Å². The number of rotatable bonds is 6. The van der Waals surface area contributed by atoms with Crippen molar-refractivity contribution in [3.05, 3.63) is 35.9 Å². The molecule has 7 heteroatoms. The molecule has 2 aliphatic rings. The van der Waals surface area contributed by atoms with E-state index in [0.29, 0.717) is 13.2 Å². The number of benzene rings is 1. The van der Waals surface area contributed by atoms with Crippen LogP contribution in [-0.4, -0.2) is 62.9 Å². The van der Waals surface area contributed by atoms with E-state index in [1.807, 2.05) is 37.3 Å². The van der Waals surface area contributed by atoms with Crippen molar-refractivity contribution in [2.45, 2.75) is 43.9 Å². The van der Waals surface area contributed by atoms with Crippen LogP contribution in [-0.2, 0) is 28.4 Å². The van der Waals surface area contributed by atoms with E-state index in [-0.39, 0.29) is 12.9 Å². The largest absolute Gasteiger partial charge is 0.385 e. The van der Waals surface area contributed by atoms with Crippen molar-refractivity contribution in [1.29, 1.82) is 0 Å². The minimum absolute atomic E-state index is 0.0676. The van der Waals surface area contributed by atoms with Crippen LogP contribution in [0.4, 0.5) is 0 Å². The second-order valence-electron chi connectivity index (χ2n) is 5.69. The molecule has 0 radical (unpaired) electrons. The van der Waals surface area contributed by atoms with Crippen LogP contribution in [0.2, 0.25) is 0 Å². The van der Waals surface area contributed by atoms with Crippen LogP contribution < -0.4 is 0 Å². The third-order valence-electron chi connectivity index (χ3n) is 4.16. The summed E-state index contributed by atoms with van der Waals surface area (Å²) in [5, 5.41) is 10.5. The van der Waals surface area contributed by atoms with Gasteiger partial charge in [-0.1, -0.05) is 30.3 Å². The molecule has 24 heavy (non-hydrogen) atoms. The van der Waals surface area contributed by atoms with Gasteiger partial charge in [0.1, 0.15) is 31.2 Å². The first-order chi connectivity index (χ1) is 11.7. The van der Waals surface area contributed by atoms with E-state index in [2.05, 4.69) is 0 Å². The highest BCUT2D eigenvalue weighted by Crippen LogP contribution is 2.35. The Morgan fingerprint density at radius 3 is 2.71 bits per heavy atom. The van der Waals surface area contributed by atoms with Gasteiger partial charge in [0.05, 0.1) is 6.61 Å². The lowest BCUT2D eigenvalue weighted by atomic mass is 9.97. The molecule has 0 saturated carbocycles. The summed E-state index contributed by atoms with van der Waals surface area (Å²) in [6.45, 7) is 2.79. The van der Waals surface area contributed by atoms with E-state index in [1.54, 1.807) is 0 Å². The monoisotopic (exact) mass is 340 g/mol. The quantitative estimate of drug-likeness (QED) is 0.616. The molecule has 0 aliphatic carbocycles. The second kappa shape index (κ2) is 8.35. The molecule has 0 spiro atoms. The predicted octanol–water partition coefficient (Wildman–Crippen LogP) is 1.21. The molecule has 1 unspecified atom stereocenters. The molecule has 0 aromatic heterocycles. The average molecular weight is 340 g/mol. The Labute approximate surface area is 141 Å². The number of methoxy groups -OCH3 is 1. The molecule has 3 rings (SSSR count). The zero-order valence-corrected chi connectivity index (χ0v) is 13.9. The van der Waals surface area contributed by atoms with Crippen LogP contribution in [0.3, 0.4) is 0 Å². The fourth-order valence-corrected chi connectivity index (χ4v) is 2.94. The Balaban J connectivity index is 1.73. The second-order valence-corrected chi connectivity index (χ2v) is 5.69. The van der Waals surface area contributed by atoms with Crippen LogP contribution in [0.1, 0.15) is 18.8 Å². The summed E-state index contributed by atoms with van der Waals surface area (Å²) >= 11 is 0. The standard InChI is InChI=1S/C17H24O7/c1-3-20-10-22-15-13(18)17(19-2)23-12-9-21-16(24-14(12)15)11-7-5-4-6-8-11/h4-8,12-18H,3,9-10H2,1-2H3/t12-,13-,14-,15-,16?,17+/m1/s1. The molecular formula is C17H24O7. The zero-order valence-electron chi connectivity index (χ0n) is 13.9. The first kappa shape index (κ1) is 17.8. The summed E-state index contributed by atoms with van der Waals surface area (Å²) in [4.78, 5) is 0. The van der Waals surface area contributed by atoms with Crippen LogP contribution >= 0.6 is 0 Å². The topological polar surface area (TPSA) is 75.6 Å². The molecule has 6 atom stereocenters. The first-order valence-electron chi connectivity index (χ1n) is 8.12. The van der Waals surface area contributed by atoms with E-state index >= 15 is 0 Å².